The number of hydrogen-bond donors (Lipinski definition) is 0. The Balaban J connectivity index is 1.63. The molecule has 0 aliphatic carbocycles. The molecule has 0 radical (unpaired) electrons. The lowest BCUT2D eigenvalue weighted by atomic mass is 10.3. The third-order valence-electron chi connectivity index (χ3n) is 4.15. The molecule has 0 bridgehead atoms. The molecule has 0 saturated carbocycles. The zero-order valence-electron chi connectivity index (χ0n) is 16.1. The maximum Gasteiger partial charge on any atom is 0.237 e. The molecule has 4 aromatic rings. The van der Waals surface area contributed by atoms with Crippen LogP contribution in [-0.2, 0) is 0 Å². The first-order chi connectivity index (χ1) is 14.2. The van der Waals surface area contributed by atoms with Gasteiger partial charge in [0.05, 0.1) is 31.4 Å². The number of aryl methyl sites for hydroxylation is 1. The van der Waals surface area contributed by atoms with Crippen LogP contribution in [0.1, 0.15) is 5.82 Å². The van der Waals surface area contributed by atoms with E-state index in [1.807, 2.05) is 48.1 Å². The molecular weight excluding hydrogens is 388 g/mol. The minimum atomic E-state index is 0.407. The van der Waals surface area contributed by atoms with Gasteiger partial charge in [0.15, 0.2) is 5.82 Å². The van der Waals surface area contributed by atoms with Gasteiger partial charge in [-0.25, -0.2) is 15.0 Å². The van der Waals surface area contributed by atoms with Crippen molar-refractivity contribution >= 4 is 11.8 Å². The third-order valence-corrected chi connectivity index (χ3v) is 4.93. The van der Waals surface area contributed by atoms with Gasteiger partial charge in [-0.3, -0.25) is 4.57 Å². The summed E-state index contributed by atoms with van der Waals surface area (Å²) in [6.07, 6.45) is 6.89. The van der Waals surface area contributed by atoms with Crippen molar-refractivity contribution < 1.29 is 9.47 Å². The number of hydrogen-bond acceptors (Lipinski definition) is 8. The first kappa shape index (κ1) is 18.9. The summed E-state index contributed by atoms with van der Waals surface area (Å²) in [6, 6.07) is 11.5. The molecule has 1 aromatic carbocycles. The Hall–Kier alpha value is -3.46. The van der Waals surface area contributed by atoms with Gasteiger partial charge in [0.25, 0.3) is 0 Å². The van der Waals surface area contributed by atoms with Crippen LogP contribution in [0.25, 0.3) is 17.2 Å². The van der Waals surface area contributed by atoms with Crippen molar-refractivity contribution in [1.82, 2.24) is 29.7 Å². The lowest BCUT2D eigenvalue weighted by molar-refractivity contribution is 0.398. The fraction of sp³-hybridized carbons (Fsp3) is 0.150. The maximum atomic E-state index is 5.88. The summed E-state index contributed by atoms with van der Waals surface area (Å²) >= 11 is 1.61. The predicted octanol–water partition coefficient (Wildman–Crippen LogP) is 3.95. The molecule has 0 unspecified atom stereocenters. The van der Waals surface area contributed by atoms with Crippen molar-refractivity contribution in [3.63, 3.8) is 0 Å². The van der Waals surface area contributed by atoms with Gasteiger partial charge in [-0.1, -0.05) is 12.1 Å². The summed E-state index contributed by atoms with van der Waals surface area (Å²) in [5, 5.41) is 8.43. The van der Waals surface area contributed by atoms with Crippen LogP contribution in [0.5, 0.6) is 17.5 Å². The Morgan fingerprint density at radius 1 is 0.897 bits per heavy atom. The van der Waals surface area contributed by atoms with E-state index in [4.69, 9.17) is 9.47 Å². The molecule has 146 valence electrons. The van der Waals surface area contributed by atoms with E-state index in [0.717, 1.165) is 16.3 Å². The molecule has 0 aliphatic heterocycles. The first-order valence-corrected chi connectivity index (χ1v) is 9.98. The molecule has 9 heteroatoms. The lowest BCUT2D eigenvalue weighted by Crippen LogP contribution is -2.02. The quantitative estimate of drug-likeness (QED) is 0.445. The second-order valence-corrected chi connectivity index (χ2v) is 6.81. The summed E-state index contributed by atoms with van der Waals surface area (Å²) < 4.78 is 12.9. The fourth-order valence-corrected chi connectivity index (χ4v) is 3.29. The molecule has 0 saturated heterocycles. The smallest absolute Gasteiger partial charge is 0.237 e. The van der Waals surface area contributed by atoms with Crippen molar-refractivity contribution in [3.8, 4) is 34.7 Å². The highest BCUT2D eigenvalue weighted by atomic mass is 32.2. The van der Waals surface area contributed by atoms with E-state index < -0.39 is 0 Å². The number of rotatable bonds is 6. The monoisotopic (exact) mass is 406 g/mol. The number of para-hydroxylation sites is 1. The van der Waals surface area contributed by atoms with Crippen molar-refractivity contribution in [2.45, 2.75) is 11.8 Å². The molecular formula is C20H18N6O2S. The molecule has 0 N–H and O–H groups in total. The van der Waals surface area contributed by atoms with E-state index in [1.54, 1.807) is 43.5 Å². The van der Waals surface area contributed by atoms with E-state index in [2.05, 4.69) is 25.1 Å². The minimum absolute atomic E-state index is 0.407. The molecule has 8 nitrogen and oxygen atoms in total. The van der Waals surface area contributed by atoms with Crippen molar-refractivity contribution in [1.29, 1.82) is 0 Å². The predicted molar refractivity (Wildman–Crippen MR) is 110 cm³/mol. The van der Waals surface area contributed by atoms with Crippen molar-refractivity contribution in [3.05, 3.63) is 60.8 Å². The molecule has 0 aliphatic rings. The fourth-order valence-electron chi connectivity index (χ4n) is 2.76. The summed E-state index contributed by atoms with van der Waals surface area (Å²) in [4.78, 5) is 14.1. The average Bonchev–Trinajstić information content (AvgIpc) is 3.16. The van der Waals surface area contributed by atoms with Gasteiger partial charge in [-0.05, 0) is 31.4 Å². The van der Waals surface area contributed by atoms with Crippen LogP contribution in [0.2, 0.25) is 0 Å². The van der Waals surface area contributed by atoms with Gasteiger partial charge in [0, 0.05) is 11.0 Å². The molecule has 0 fully saturated rings. The topological polar surface area (TPSA) is 87.8 Å². The summed E-state index contributed by atoms with van der Waals surface area (Å²) in [6.45, 7) is 1.87. The zero-order chi connectivity index (χ0) is 20.2. The second kappa shape index (κ2) is 8.27. The standard InChI is InChI=1S/C20H18N6O2S/c1-13-24-25-20(26(13)14-8-9-18(27-2)22-10-14)15-11-23-19(12-21-15)28-16-6-4-5-7-17(16)29-3/h4-12H,1-3H3. The number of nitrogens with zero attached hydrogens (tertiary/aromatic N) is 6. The molecule has 4 rings (SSSR count). The number of methoxy groups -OCH3 is 1. The molecule has 0 amide bonds. The Bertz CT molecular complexity index is 1110. The number of aromatic nitrogens is 6. The molecule has 0 atom stereocenters. The van der Waals surface area contributed by atoms with Gasteiger partial charge in [0.2, 0.25) is 11.8 Å². The molecule has 3 heterocycles. The molecule has 0 spiro atoms. The largest absolute Gasteiger partial charge is 0.481 e. The van der Waals surface area contributed by atoms with Crippen molar-refractivity contribution in [2.24, 2.45) is 0 Å². The van der Waals surface area contributed by atoms with Crippen LogP contribution in [0.15, 0.2) is 59.9 Å². The number of ether oxygens (including phenoxy) is 2. The Labute approximate surface area is 172 Å². The van der Waals surface area contributed by atoms with Gasteiger partial charge in [-0.15, -0.1) is 22.0 Å². The average molecular weight is 406 g/mol. The third kappa shape index (κ3) is 3.90. The minimum Gasteiger partial charge on any atom is -0.481 e. The second-order valence-electron chi connectivity index (χ2n) is 5.96. The van der Waals surface area contributed by atoms with E-state index in [-0.39, 0.29) is 0 Å². The van der Waals surface area contributed by atoms with Crippen LogP contribution in [-0.4, -0.2) is 43.1 Å². The van der Waals surface area contributed by atoms with Crippen LogP contribution in [0.3, 0.4) is 0 Å². The van der Waals surface area contributed by atoms with Crippen LogP contribution in [0.4, 0.5) is 0 Å². The van der Waals surface area contributed by atoms with E-state index >= 15 is 0 Å². The Kier molecular flexibility index (Phi) is 5.39. The van der Waals surface area contributed by atoms with E-state index in [0.29, 0.717) is 29.1 Å². The summed E-state index contributed by atoms with van der Waals surface area (Å²) in [7, 11) is 1.58. The summed E-state index contributed by atoms with van der Waals surface area (Å²) in [5.74, 6) is 2.96. The van der Waals surface area contributed by atoms with Gasteiger partial charge < -0.3 is 9.47 Å². The Morgan fingerprint density at radius 3 is 2.41 bits per heavy atom. The highest BCUT2D eigenvalue weighted by Gasteiger charge is 2.15. The number of benzene rings is 1. The number of thioether (sulfide) groups is 1. The van der Waals surface area contributed by atoms with Crippen molar-refractivity contribution in [2.75, 3.05) is 13.4 Å². The van der Waals surface area contributed by atoms with Crippen LogP contribution < -0.4 is 9.47 Å². The maximum absolute atomic E-state index is 5.88. The summed E-state index contributed by atoms with van der Waals surface area (Å²) in [5.41, 5.74) is 1.38. The van der Waals surface area contributed by atoms with Crippen LogP contribution in [0, 0.1) is 6.92 Å². The van der Waals surface area contributed by atoms with Crippen LogP contribution >= 0.6 is 11.8 Å². The zero-order valence-corrected chi connectivity index (χ0v) is 16.9. The lowest BCUT2D eigenvalue weighted by Gasteiger charge is -2.10. The Morgan fingerprint density at radius 2 is 1.72 bits per heavy atom. The normalized spacial score (nSPS) is 10.7. The van der Waals surface area contributed by atoms with Gasteiger partial charge >= 0.3 is 0 Å². The van der Waals surface area contributed by atoms with E-state index in [9.17, 15) is 0 Å². The SMILES string of the molecule is COc1ccc(-n2c(C)nnc2-c2cnc(Oc3ccccc3SC)cn2)cn1. The number of pyridine rings is 1. The van der Waals surface area contributed by atoms with Gasteiger partial charge in [-0.2, -0.15) is 0 Å². The van der Waals surface area contributed by atoms with E-state index in [1.165, 1.54) is 0 Å². The highest BCUT2D eigenvalue weighted by Crippen LogP contribution is 2.30. The first-order valence-electron chi connectivity index (χ1n) is 8.75. The highest BCUT2D eigenvalue weighted by molar-refractivity contribution is 7.98. The molecule has 3 aromatic heterocycles. The van der Waals surface area contributed by atoms with Gasteiger partial charge in [0.1, 0.15) is 17.3 Å². The molecule has 29 heavy (non-hydrogen) atoms.